The van der Waals surface area contributed by atoms with E-state index in [1.165, 1.54) is 12.1 Å². The molecule has 3 nitrogen and oxygen atoms in total. The molecule has 0 aliphatic heterocycles. The summed E-state index contributed by atoms with van der Waals surface area (Å²) in [6.45, 7) is 8.10. The molecule has 0 aliphatic rings. The Balaban J connectivity index is 2.61. The normalized spacial score (nSPS) is 11.8. The van der Waals surface area contributed by atoms with Crippen LogP contribution in [0.5, 0.6) is 0 Å². The van der Waals surface area contributed by atoms with Crippen LogP contribution in [0.3, 0.4) is 0 Å². The average Bonchev–Trinajstić information content (AvgIpc) is 2.53. The van der Waals surface area contributed by atoms with E-state index in [-0.39, 0.29) is 11.4 Å². The van der Waals surface area contributed by atoms with Crippen molar-refractivity contribution in [3.63, 3.8) is 0 Å². The Labute approximate surface area is 106 Å². The molecule has 2 aromatic rings. The first-order valence-electron chi connectivity index (χ1n) is 5.92. The molecule has 0 spiro atoms. The molecule has 0 saturated heterocycles. The number of imidazole rings is 1. The highest BCUT2D eigenvalue weighted by atomic mass is 19.1. The van der Waals surface area contributed by atoms with Gasteiger partial charge >= 0.3 is 0 Å². The van der Waals surface area contributed by atoms with Crippen LogP contribution in [0.4, 0.5) is 10.2 Å². The lowest BCUT2D eigenvalue weighted by Gasteiger charge is -2.24. The largest absolute Gasteiger partial charge is 0.383 e. The fraction of sp³-hybridized carbons (Fsp3) is 0.357. The minimum absolute atomic E-state index is 0.146. The highest BCUT2D eigenvalue weighted by Crippen LogP contribution is 2.31. The van der Waals surface area contributed by atoms with Gasteiger partial charge in [0.25, 0.3) is 0 Å². The van der Waals surface area contributed by atoms with Crippen LogP contribution in [-0.2, 0) is 5.54 Å². The summed E-state index contributed by atoms with van der Waals surface area (Å²) >= 11 is 0. The summed E-state index contributed by atoms with van der Waals surface area (Å²) in [5.74, 6) is 1.12. The number of aromatic nitrogens is 2. The maximum atomic E-state index is 13.3. The number of hydrogen-bond donors (Lipinski definition) is 1. The number of rotatable bonds is 1. The molecule has 2 N–H and O–H groups in total. The summed E-state index contributed by atoms with van der Waals surface area (Å²) in [4.78, 5) is 4.46. The summed E-state index contributed by atoms with van der Waals surface area (Å²) in [5.41, 5.74) is 7.35. The van der Waals surface area contributed by atoms with Crippen LogP contribution in [0.2, 0.25) is 0 Å². The van der Waals surface area contributed by atoms with Crippen LogP contribution in [0, 0.1) is 12.7 Å². The van der Waals surface area contributed by atoms with Gasteiger partial charge in [-0.25, -0.2) is 9.37 Å². The third-order valence-electron chi connectivity index (χ3n) is 2.85. The van der Waals surface area contributed by atoms with Gasteiger partial charge in [0.2, 0.25) is 0 Å². The molecule has 0 amide bonds. The Bertz CT molecular complexity index is 579. The van der Waals surface area contributed by atoms with E-state index in [2.05, 4.69) is 25.8 Å². The van der Waals surface area contributed by atoms with Crippen LogP contribution in [0.25, 0.3) is 11.3 Å². The molecule has 0 atom stereocenters. The van der Waals surface area contributed by atoms with Crippen molar-refractivity contribution >= 4 is 5.82 Å². The van der Waals surface area contributed by atoms with E-state index in [0.717, 1.165) is 5.82 Å². The van der Waals surface area contributed by atoms with Crippen LogP contribution in [-0.4, -0.2) is 9.55 Å². The predicted octanol–water partition coefficient (Wildman–Crippen LogP) is 3.33. The third-order valence-corrected chi connectivity index (χ3v) is 2.85. The molecule has 0 radical (unpaired) electrons. The van der Waals surface area contributed by atoms with Gasteiger partial charge in [-0.15, -0.1) is 0 Å². The van der Waals surface area contributed by atoms with Crippen LogP contribution >= 0.6 is 0 Å². The van der Waals surface area contributed by atoms with E-state index in [1.807, 2.05) is 17.6 Å². The second-order valence-electron chi connectivity index (χ2n) is 5.41. The Kier molecular flexibility index (Phi) is 2.89. The Hall–Kier alpha value is -1.84. The van der Waals surface area contributed by atoms with Gasteiger partial charge < -0.3 is 10.3 Å². The lowest BCUT2D eigenvalue weighted by Crippen LogP contribution is -2.24. The monoisotopic (exact) mass is 247 g/mol. The molecular formula is C14H18FN3. The first-order valence-corrected chi connectivity index (χ1v) is 5.92. The standard InChI is InChI=1S/C14H18FN3/c1-9-17-12(10-6-5-7-11(15)8-10)13(16)18(9)14(2,3)4/h5-8H,16H2,1-4H3. The van der Waals surface area contributed by atoms with Crippen molar-refractivity contribution in [3.8, 4) is 11.3 Å². The molecule has 2 rings (SSSR count). The van der Waals surface area contributed by atoms with Crippen LogP contribution in [0.1, 0.15) is 26.6 Å². The zero-order chi connectivity index (χ0) is 13.5. The summed E-state index contributed by atoms with van der Waals surface area (Å²) < 4.78 is 15.2. The van der Waals surface area contributed by atoms with E-state index in [9.17, 15) is 4.39 Å². The number of hydrogen-bond acceptors (Lipinski definition) is 2. The van der Waals surface area contributed by atoms with Gasteiger partial charge in [0.05, 0.1) is 0 Å². The van der Waals surface area contributed by atoms with Crippen molar-refractivity contribution in [1.82, 2.24) is 9.55 Å². The lowest BCUT2D eigenvalue weighted by atomic mass is 10.1. The maximum absolute atomic E-state index is 13.3. The van der Waals surface area contributed by atoms with Gasteiger partial charge in [-0.1, -0.05) is 12.1 Å². The molecule has 0 aliphatic carbocycles. The summed E-state index contributed by atoms with van der Waals surface area (Å²) in [5, 5.41) is 0. The molecular weight excluding hydrogens is 229 g/mol. The molecule has 0 bridgehead atoms. The maximum Gasteiger partial charge on any atom is 0.132 e. The van der Waals surface area contributed by atoms with Crippen molar-refractivity contribution in [2.45, 2.75) is 33.2 Å². The number of halogens is 1. The SMILES string of the molecule is Cc1nc(-c2cccc(F)c2)c(N)n1C(C)(C)C. The van der Waals surface area contributed by atoms with E-state index < -0.39 is 0 Å². The van der Waals surface area contributed by atoms with Crippen molar-refractivity contribution in [3.05, 3.63) is 35.9 Å². The number of nitrogens with two attached hydrogens (primary N) is 1. The van der Waals surface area contributed by atoms with Gasteiger partial charge in [-0.05, 0) is 39.8 Å². The molecule has 0 saturated carbocycles. The van der Waals surface area contributed by atoms with Crippen molar-refractivity contribution in [2.24, 2.45) is 0 Å². The predicted molar refractivity (Wildman–Crippen MR) is 71.8 cm³/mol. The topological polar surface area (TPSA) is 43.8 Å². The molecule has 1 aromatic heterocycles. The van der Waals surface area contributed by atoms with Gasteiger partial charge in [-0.2, -0.15) is 0 Å². The first-order chi connectivity index (χ1) is 8.30. The van der Waals surface area contributed by atoms with E-state index in [1.54, 1.807) is 6.07 Å². The minimum Gasteiger partial charge on any atom is -0.383 e. The molecule has 1 heterocycles. The van der Waals surface area contributed by atoms with Gasteiger partial charge in [0.1, 0.15) is 23.2 Å². The van der Waals surface area contributed by atoms with Crippen molar-refractivity contribution in [2.75, 3.05) is 5.73 Å². The van der Waals surface area contributed by atoms with E-state index in [0.29, 0.717) is 17.1 Å². The zero-order valence-electron chi connectivity index (χ0n) is 11.2. The average molecular weight is 247 g/mol. The summed E-state index contributed by atoms with van der Waals surface area (Å²) in [6.07, 6.45) is 0. The highest BCUT2D eigenvalue weighted by Gasteiger charge is 2.22. The second-order valence-corrected chi connectivity index (χ2v) is 5.41. The zero-order valence-corrected chi connectivity index (χ0v) is 11.2. The van der Waals surface area contributed by atoms with E-state index >= 15 is 0 Å². The lowest BCUT2D eigenvalue weighted by molar-refractivity contribution is 0.393. The summed E-state index contributed by atoms with van der Waals surface area (Å²) in [7, 11) is 0. The molecule has 96 valence electrons. The molecule has 18 heavy (non-hydrogen) atoms. The number of aryl methyl sites for hydroxylation is 1. The number of nitrogen functional groups attached to an aromatic ring is 1. The fourth-order valence-corrected chi connectivity index (χ4v) is 2.24. The third kappa shape index (κ3) is 2.10. The Morgan fingerprint density at radius 2 is 1.94 bits per heavy atom. The number of anilines is 1. The van der Waals surface area contributed by atoms with E-state index in [4.69, 9.17) is 5.73 Å². The van der Waals surface area contributed by atoms with Crippen LogP contribution in [0.15, 0.2) is 24.3 Å². The minimum atomic E-state index is -0.283. The Morgan fingerprint density at radius 3 is 2.44 bits per heavy atom. The summed E-state index contributed by atoms with van der Waals surface area (Å²) in [6, 6.07) is 6.34. The smallest absolute Gasteiger partial charge is 0.132 e. The van der Waals surface area contributed by atoms with Gasteiger partial charge in [-0.3, -0.25) is 0 Å². The first kappa shape index (κ1) is 12.6. The Morgan fingerprint density at radius 1 is 1.28 bits per heavy atom. The fourth-order valence-electron chi connectivity index (χ4n) is 2.24. The molecule has 0 unspecified atom stereocenters. The van der Waals surface area contributed by atoms with Gasteiger partial charge in [0, 0.05) is 11.1 Å². The molecule has 0 fully saturated rings. The highest BCUT2D eigenvalue weighted by molar-refractivity contribution is 5.71. The van der Waals surface area contributed by atoms with Crippen molar-refractivity contribution < 1.29 is 4.39 Å². The molecule has 4 heteroatoms. The number of nitrogens with zero attached hydrogens (tertiary/aromatic N) is 2. The molecule has 1 aromatic carbocycles. The van der Waals surface area contributed by atoms with Gasteiger partial charge in [0.15, 0.2) is 0 Å². The van der Waals surface area contributed by atoms with Crippen molar-refractivity contribution in [1.29, 1.82) is 0 Å². The second kappa shape index (κ2) is 4.12. The quantitative estimate of drug-likeness (QED) is 0.840. The number of benzene rings is 1. The van der Waals surface area contributed by atoms with Crippen LogP contribution < -0.4 is 5.73 Å².